The Kier molecular flexibility index (Phi) is 3.45. The highest BCUT2D eigenvalue weighted by molar-refractivity contribution is 4.95. The van der Waals surface area contributed by atoms with E-state index < -0.39 is 0 Å². The third kappa shape index (κ3) is 2.85. The molecule has 2 nitrogen and oxygen atoms in total. The molecule has 17 heavy (non-hydrogen) atoms. The Morgan fingerprint density at radius 3 is 2.35 bits per heavy atom. The summed E-state index contributed by atoms with van der Waals surface area (Å²) in [5, 5.41) is 3.67. The summed E-state index contributed by atoms with van der Waals surface area (Å²) in [6.45, 7) is 8.59. The summed E-state index contributed by atoms with van der Waals surface area (Å²) in [6.07, 6.45) is 7.39. The fourth-order valence-corrected chi connectivity index (χ4v) is 3.52. The predicted molar refractivity (Wildman–Crippen MR) is 72.1 cm³/mol. The maximum Gasteiger partial charge on any atom is 0.0193 e. The predicted octanol–water partition coefficient (Wildman–Crippen LogP) is 2.49. The van der Waals surface area contributed by atoms with Gasteiger partial charge in [-0.1, -0.05) is 6.92 Å². The number of nitrogens with zero attached hydrogens (tertiary/aromatic N) is 1. The number of piperazine rings is 1. The summed E-state index contributed by atoms with van der Waals surface area (Å²) in [7, 11) is 0. The fourth-order valence-electron chi connectivity index (χ4n) is 3.52. The van der Waals surface area contributed by atoms with Crippen molar-refractivity contribution in [3.63, 3.8) is 0 Å². The van der Waals surface area contributed by atoms with Crippen LogP contribution in [0.5, 0.6) is 0 Å². The number of rotatable bonds is 5. The SMILES string of the molecule is CCC1CN(CC(C2CC2)C2CC2)C(C)CN1. The van der Waals surface area contributed by atoms with Crippen molar-refractivity contribution < 1.29 is 0 Å². The van der Waals surface area contributed by atoms with Crippen molar-refractivity contribution >= 4 is 0 Å². The zero-order valence-corrected chi connectivity index (χ0v) is 11.5. The largest absolute Gasteiger partial charge is 0.311 e. The smallest absolute Gasteiger partial charge is 0.0193 e. The summed E-state index contributed by atoms with van der Waals surface area (Å²) in [5.74, 6) is 3.25. The van der Waals surface area contributed by atoms with Crippen molar-refractivity contribution in [2.75, 3.05) is 19.6 Å². The van der Waals surface area contributed by atoms with Crippen molar-refractivity contribution in [3.05, 3.63) is 0 Å². The Morgan fingerprint density at radius 2 is 1.82 bits per heavy atom. The van der Waals surface area contributed by atoms with Gasteiger partial charge in [0.25, 0.3) is 0 Å². The summed E-state index contributed by atoms with van der Waals surface area (Å²) < 4.78 is 0. The van der Waals surface area contributed by atoms with E-state index in [1.807, 2.05) is 0 Å². The van der Waals surface area contributed by atoms with E-state index >= 15 is 0 Å². The molecule has 1 N–H and O–H groups in total. The molecular formula is C15H28N2. The lowest BCUT2D eigenvalue weighted by Gasteiger charge is -2.40. The van der Waals surface area contributed by atoms with Crippen molar-refractivity contribution in [3.8, 4) is 0 Å². The normalized spacial score (nSPS) is 35.5. The lowest BCUT2D eigenvalue weighted by atomic mass is 9.95. The molecule has 1 saturated heterocycles. The number of hydrogen-bond acceptors (Lipinski definition) is 2. The summed E-state index contributed by atoms with van der Waals surface area (Å²) in [5.41, 5.74) is 0. The molecule has 3 fully saturated rings. The fraction of sp³-hybridized carbons (Fsp3) is 1.00. The van der Waals surface area contributed by atoms with Gasteiger partial charge in [0.15, 0.2) is 0 Å². The monoisotopic (exact) mass is 236 g/mol. The van der Waals surface area contributed by atoms with Crippen LogP contribution in [-0.2, 0) is 0 Å². The maximum atomic E-state index is 3.67. The lowest BCUT2D eigenvalue weighted by molar-refractivity contribution is 0.106. The van der Waals surface area contributed by atoms with Crippen LogP contribution in [0, 0.1) is 17.8 Å². The molecule has 0 aromatic rings. The molecule has 2 aliphatic carbocycles. The summed E-state index contributed by atoms with van der Waals surface area (Å²) in [4.78, 5) is 2.78. The first-order valence-corrected chi connectivity index (χ1v) is 7.75. The molecule has 0 amide bonds. The van der Waals surface area contributed by atoms with Crippen molar-refractivity contribution in [2.45, 2.75) is 58.0 Å². The van der Waals surface area contributed by atoms with E-state index in [2.05, 4.69) is 24.1 Å². The van der Waals surface area contributed by atoms with Crippen LogP contribution in [0.25, 0.3) is 0 Å². The van der Waals surface area contributed by atoms with Gasteiger partial charge in [-0.3, -0.25) is 4.90 Å². The molecular weight excluding hydrogens is 208 g/mol. The number of hydrogen-bond donors (Lipinski definition) is 1. The van der Waals surface area contributed by atoms with Crippen molar-refractivity contribution in [2.24, 2.45) is 17.8 Å². The minimum Gasteiger partial charge on any atom is -0.311 e. The zero-order valence-electron chi connectivity index (χ0n) is 11.5. The Balaban J connectivity index is 1.57. The second-order valence-corrected chi connectivity index (χ2v) is 6.66. The van der Waals surface area contributed by atoms with E-state index in [4.69, 9.17) is 0 Å². The second-order valence-electron chi connectivity index (χ2n) is 6.66. The van der Waals surface area contributed by atoms with Crippen LogP contribution >= 0.6 is 0 Å². The number of nitrogens with one attached hydrogen (secondary N) is 1. The highest BCUT2D eigenvalue weighted by Gasteiger charge is 2.42. The van der Waals surface area contributed by atoms with Gasteiger partial charge in [0, 0.05) is 31.7 Å². The molecule has 2 atom stereocenters. The van der Waals surface area contributed by atoms with Crippen LogP contribution in [0.3, 0.4) is 0 Å². The summed E-state index contributed by atoms with van der Waals surface area (Å²) >= 11 is 0. The quantitative estimate of drug-likeness (QED) is 0.789. The van der Waals surface area contributed by atoms with Gasteiger partial charge in [-0.25, -0.2) is 0 Å². The molecule has 2 heteroatoms. The summed E-state index contributed by atoms with van der Waals surface area (Å²) in [6, 6.07) is 1.49. The molecule has 0 radical (unpaired) electrons. The van der Waals surface area contributed by atoms with Crippen molar-refractivity contribution in [1.29, 1.82) is 0 Å². The minimum absolute atomic E-state index is 0.741. The van der Waals surface area contributed by atoms with Crippen LogP contribution < -0.4 is 5.32 Å². The molecule has 0 spiro atoms. The molecule has 1 aliphatic heterocycles. The van der Waals surface area contributed by atoms with Gasteiger partial charge in [0.2, 0.25) is 0 Å². The lowest BCUT2D eigenvalue weighted by Crippen LogP contribution is -2.56. The molecule has 98 valence electrons. The van der Waals surface area contributed by atoms with Gasteiger partial charge in [-0.15, -0.1) is 0 Å². The van der Waals surface area contributed by atoms with E-state index in [1.165, 1.54) is 51.7 Å². The van der Waals surface area contributed by atoms with Crippen LogP contribution in [0.15, 0.2) is 0 Å². The molecule has 3 aliphatic rings. The van der Waals surface area contributed by atoms with Crippen LogP contribution in [0.4, 0.5) is 0 Å². The van der Waals surface area contributed by atoms with E-state index in [9.17, 15) is 0 Å². The molecule has 0 aromatic carbocycles. The van der Waals surface area contributed by atoms with Gasteiger partial charge < -0.3 is 5.32 Å². The highest BCUT2D eigenvalue weighted by atomic mass is 15.2. The zero-order chi connectivity index (χ0) is 11.8. The first-order chi connectivity index (χ1) is 8.28. The van der Waals surface area contributed by atoms with Gasteiger partial charge >= 0.3 is 0 Å². The molecule has 1 heterocycles. The van der Waals surface area contributed by atoms with Crippen LogP contribution in [0.2, 0.25) is 0 Å². The van der Waals surface area contributed by atoms with E-state index in [1.54, 1.807) is 0 Å². The molecule has 2 unspecified atom stereocenters. The van der Waals surface area contributed by atoms with Gasteiger partial charge in [0.05, 0.1) is 0 Å². The Labute approximate surface area is 106 Å². The van der Waals surface area contributed by atoms with Gasteiger partial charge in [-0.2, -0.15) is 0 Å². The minimum atomic E-state index is 0.741. The average molecular weight is 236 g/mol. The second kappa shape index (κ2) is 4.89. The first-order valence-electron chi connectivity index (χ1n) is 7.75. The van der Waals surface area contributed by atoms with E-state index in [0.717, 1.165) is 29.8 Å². The molecule has 0 aromatic heterocycles. The average Bonchev–Trinajstić information content (AvgIpc) is 3.19. The first kappa shape index (κ1) is 12.0. The van der Waals surface area contributed by atoms with Gasteiger partial charge in [-0.05, 0) is 56.8 Å². The Morgan fingerprint density at radius 1 is 1.18 bits per heavy atom. The molecule has 2 saturated carbocycles. The third-order valence-corrected chi connectivity index (χ3v) is 5.17. The van der Waals surface area contributed by atoms with Crippen LogP contribution in [-0.4, -0.2) is 36.6 Å². The van der Waals surface area contributed by atoms with E-state index in [0.29, 0.717) is 0 Å². The van der Waals surface area contributed by atoms with Crippen LogP contribution in [0.1, 0.15) is 46.0 Å². The topological polar surface area (TPSA) is 15.3 Å². The standard InChI is InChI=1S/C15H28N2/c1-3-14-9-17(11(2)8-16-14)10-15(12-4-5-12)13-6-7-13/h11-16H,3-10H2,1-2H3. The maximum absolute atomic E-state index is 3.67. The van der Waals surface area contributed by atoms with Gasteiger partial charge in [0.1, 0.15) is 0 Å². The van der Waals surface area contributed by atoms with Crippen molar-refractivity contribution in [1.82, 2.24) is 10.2 Å². The molecule has 3 rings (SSSR count). The Hall–Kier alpha value is -0.0800. The third-order valence-electron chi connectivity index (χ3n) is 5.17. The highest BCUT2D eigenvalue weighted by Crippen LogP contribution is 2.49. The Bertz CT molecular complexity index is 246. The molecule has 0 bridgehead atoms. The van der Waals surface area contributed by atoms with E-state index in [-0.39, 0.29) is 0 Å².